The predicted molar refractivity (Wildman–Crippen MR) is 128 cm³/mol. The van der Waals surface area contributed by atoms with E-state index in [4.69, 9.17) is 28.6 Å². The molecule has 2 aromatic heterocycles. The first-order chi connectivity index (χ1) is 15.1. The molecule has 160 valence electrons. The second-order valence-corrected chi connectivity index (χ2v) is 9.09. The van der Waals surface area contributed by atoms with Crippen molar-refractivity contribution < 1.29 is 9.53 Å². The maximum atomic E-state index is 12.7. The first kappa shape index (κ1) is 21.5. The standard InChI is InChI=1S/C22H21ClN4O2S2/c1-29-16-8-3-2-6-14(16)25-19(28)11-13-27-21(17-9-10-18(23)31-17)20(26-22(27)30)15-7-4-5-12-24-15/h2-10,12,20-21H,11,13H2,1H3,(H,25,28)(H,26,30)/t20-,21+/m1/s1. The number of hydrogen-bond donors (Lipinski definition) is 2. The molecule has 1 saturated heterocycles. The molecule has 0 saturated carbocycles. The van der Waals surface area contributed by atoms with Crippen molar-refractivity contribution in [2.45, 2.75) is 18.5 Å². The molecular formula is C22H21ClN4O2S2. The molecule has 6 nitrogen and oxygen atoms in total. The number of benzene rings is 1. The number of thiocarbonyl (C=S) groups is 1. The molecule has 1 aromatic carbocycles. The Labute approximate surface area is 195 Å². The third kappa shape index (κ3) is 4.81. The van der Waals surface area contributed by atoms with Gasteiger partial charge in [-0.3, -0.25) is 9.78 Å². The molecule has 0 spiro atoms. The van der Waals surface area contributed by atoms with Crippen LogP contribution in [0, 0.1) is 0 Å². The maximum absolute atomic E-state index is 12.7. The van der Waals surface area contributed by atoms with Gasteiger partial charge in [0.1, 0.15) is 5.75 Å². The molecule has 9 heteroatoms. The Bertz CT molecular complexity index is 1080. The normalized spacial score (nSPS) is 18.0. The van der Waals surface area contributed by atoms with Gasteiger partial charge in [0.15, 0.2) is 5.11 Å². The highest BCUT2D eigenvalue weighted by molar-refractivity contribution is 7.80. The summed E-state index contributed by atoms with van der Waals surface area (Å²) in [6, 6.07) is 16.8. The third-order valence-corrected chi connectivity index (χ3v) is 6.70. The zero-order valence-corrected chi connectivity index (χ0v) is 19.1. The fraction of sp³-hybridized carbons (Fsp3) is 0.227. The van der Waals surface area contributed by atoms with Gasteiger partial charge < -0.3 is 20.3 Å². The van der Waals surface area contributed by atoms with Gasteiger partial charge in [-0.2, -0.15) is 0 Å². The van der Waals surface area contributed by atoms with Gasteiger partial charge >= 0.3 is 0 Å². The summed E-state index contributed by atoms with van der Waals surface area (Å²) in [5, 5.41) is 6.89. The summed E-state index contributed by atoms with van der Waals surface area (Å²) >= 11 is 13.4. The summed E-state index contributed by atoms with van der Waals surface area (Å²) < 4.78 is 6.02. The molecule has 0 aliphatic carbocycles. The van der Waals surface area contributed by atoms with Crippen molar-refractivity contribution >= 4 is 51.9 Å². The number of rotatable bonds is 7. The number of anilines is 1. The van der Waals surface area contributed by atoms with Crippen LogP contribution in [0.5, 0.6) is 5.75 Å². The van der Waals surface area contributed by atoms with E-state index in [1.165, 1.54) is 11.3 Å². The van der Waals surface area contributed by atoms with Crippen LogP contribution in [-0.2, 0) is 4.79 Å². The second kappa shape index (κ2) is 9.64. The van der Waals surface area contributed by atoms with Gasteiger partial charge in [0.2, 0.25) is 5.91 Å². The minimum atomic E-state index is -0.124. The van der Waals surface area contributed by atoms with E-state index in [0.29, 0.717) is 27.4 Å². The van der Waals surface area contributed by atoms with E-state index < -0.39 is 0 Å². The van der Waals surface area contributed by atoms with E-state index in [-0.39, 0.29) is 24.4 Å². The summed E-state index contributed by atoms with van der Waals surface area (Å²) in [5.74, 6) is 0.507. The van der Waals surface area contributed by atoms with Crippen LogP contribution in [0.3, 0.4) is 0 Å². The number of nitrogens with zero attached hydrogens (tertiary/aromatic N) is 2. The monoisotopic (exact) mass is 472 g/mol. The molecule has 1 amide bonds. The van der Waals surface area contributed by atoms with Gasteiger partial charge in [0.05, 0.1) is 34.9 Å². The number of thiophene rings is 1. The lowest BCUT2D eigenvalue weighted by Crippen LogP contribution is -2.32. The zero-order chi connectivity index (χ0) is 21.8. The van der Waals surface area contributed by atoms with Crippen LogP contribution in [0.4, 0.5) is 5.69 Å². The first-order valence-electron chi connectivity index (χ1n) is 9.73. The van der Waals surface area contributed by atoms with Gasteiger partial charge in [0, 0.05) is 24.0 Å². The maximum Gasteiger partial charge on any atom is 0.226 e. The van der Waals surface area contributed by atoms with Crippen molar-refractivity contribution in [3.63, 3.8) is 0 Å². The van der Waals surface area contributed by atoms with Gasteiger partial charge in [-0.1, -0.05) is 29.8 Å². The Balaban J connectivity index is 1.52. The third-order valence-electron chi connectivity index (χ3n) is 5.04. The van der Waals surface area contributed by atoms with E-state index in [2.05, 4.69) is 15.6 Å². The fourth-order valence-corrected chi connectivity index (χ4v) is 5.17. The first-order valence-corrected chi connectivity index (χ1v) is 11.3. The number of methoxy groups -OCH3 is 1. The molecule has 0 bridgehead atoms. The smallest absolute Gasteiger partial charge is 0.226 e. The lowest BCUT2D eigenvalue weighted by Gasteiger charge is -2.26. The van der Waals surface area contributed by atoms with Crippen molar-refractivity contribution in [3.8, 4) is 5.75 Å². The van der Waals surface area contributed by atoms with Crippen molar-refractivity contribution in [2.75, 3.05) is 19.0 Å². The molecule has 2 atom stereocenters. The number of nitrogens with one attached hydrogen (secondary N) is 2. The average molecular weight is 473 g/mol. The van der Waals surface area contributed by atoms with Crippen LogP contribution in [-0.4, -0.2) is 34.6 Å². The van der Waals surface area contributed by atoms with Gasteiger partial charge in [-0.25, -0.2) is 0 Å². The highest BCUT2D eigenvalue weighted by Crippen LogP contribution is 2.42. The number of carbonyl (C=O) groups is 1. The Hall–Kier alpha value is -2.68. The summed E-state index contributed by atoms with van der Waals surface area (Å²) in [5.41, 5.74) is 1.53. The molecule has 1 aliphatic rings. The highest BCUT2D eigenvalue weighted by atomic mass is 35.5. The van der Waals surface area contributed by atoms with E-state index in [0.717, 1.165) is 10.6 Å². The Kier molecular flexibility index (Phi) is 6.70. The molecule has 1 fully saturated rings. The summed E-state index contributed by atoms with van der Waals surface area (Å²) in [4.78, 5) is 20.3. The number of hydrogen-bond acceptors (Lipinski definition) is 5. The SMILES string of the molecule is COc1ccccc1NC(=O)CCN1C(=S)N[C@H](c2ccccn2)[C@@H]1c1ccc(Cl)s1. The number of amides is 1. The lowest BCUT2D eigenvalue weighted by molar-refractivity contribution is -0.116. The minimum absolute atomic E-state index is 0.0982. The number of halogens is 1. The fourth-order valence-electron chi connectivity index (χ4n) is 3.63. The molecule has 0 radical (unpaired) electrons. The molecule has 3 heterocycles. The van der Waals surface area contributed by atoms with E-state index in [9.17, 15) is 4.79 Å². The lowest BCUT2D eigenvalue weighted by atomic mass is 10.0. The summed E-state index contributed by atoms with van der Waals surface area (Å²) in [6.07, 6.45) is 2.03. The average Bonchev–Trinajstić information content (AvgIpc) is 3.35. The Morgan fingerprint density at radius 2 is 2.06 bits per heavy atom. The summed E-state index contributed by atoms with van der Waals surface area (Å²) in [7, 11) is 1.58. The van der Waals surface area contributed by atoms with Crippen LogP contribution in [0.2, 0.25) is 4.34 Å². The van der Waals surface area contributed by atoms with Crippen molar-refractivity contribution in [2.24, 2.45) is 0 Å². The summed E-state index contributed by atoms with van der Waals surface area (Å²) in [6.45, 7) is 0.455. The molecule has 1 aliphatic heterocycles. The largest absolute Gasteiger partial charge is 0.495 e. The highest BCUT2D eigenvalue weighted by Gasteiger charge is 2.40. The van der Waals surface area contributed by atoms with Crippen LogP contribution < -0.4 is 15.4 Å². The van der Waals surface area contributed by atoms with Gasteiger partial charge in [-0.15, -0.1) is 11.3 Å². The molecule has 2 N–H and O–H groups in total. The molecule has 3 aromatic rings. The second-order valence-electron chi connectivity index (χ2n) is 6.96. The Morgan fingerprint density at radius 1 is 1.26 bits per heavy atom. The van der Waals surface area contributed by atoms with Crippen molar-refractivity contribution in [3.05, 3.63) is 75.7 Å². The van der Waals surface area contributed by atoms with Gasteiger partial charge in [-0.05, 0) is 48.6 Å². The molecule has 4 rings (SSSR count). The molecular weight excluding hydrogens is 452 g/mol. The number of ether oxygens (including phenoxy) is 1. The minimum Gasteiger partial charge on any atom is -0.495 e. The van der Waals surface area contributed by atoms with Crippen molar-refractivity contribution in [1.82, 2.24) is 15.2 Å². The number of carbonyl (C=O) groups excluding carboxylic acids is 1. The van der Waals surface area contributed by atoms with E-state index in [1.807, 2.05) is 59.5 Å². The quantitative estimate of drug-likeness (QED) is 0.481. The molecule has 31 heavy (non-hydrogen) atoms. The van der Waals surface area contributed by atoms with Crippen molar-refractivity contribution in [1.29, 1.82) is 0 Å². The van der Waals surface area contributed by atoms with Crippen LogP contribution >= 0.6 is 35.2 Å². The zero-order valence-electron chi connectivity index (χ0n) is 16.7. The van der Waals surface area contributed by atoms with Gasteiger partial charge in [0.25, 0.3) is 0 Å². The van der Waals surface area contributed by atoms with Crippen LogP contribution in [0.15, 0.2) is 60.8 Å². The predicted octanol–water partition coefficient (Wildman–Crippen LogP) is 4.81. The topological polar surface area (TPSA) is 66.5 Å². The Morgan fingerprint density at radius 3 is 2.77 bits per heavy atom. The number of para-hydroxylation sites is 2. The molecule has 0 unspecified atom stereocenters. The van der Waals surface area contributed by atoms with Crippen LogP contribution in [0.1, 0.15) is 29.1 Å². The van der Waals surface area contributed by atoms with Crippen LogP contribution in [0.25, 0.3) is 0 Å². The number of pyridine rings is 1. The number of aromatic nitrogens is 1. The van der Waals surface area contributed by atoms with E-state index in [1.54, 1.807) is 13.3 Å². The van der Waals surface area contributed by atoms with E-state index >= 15 is 0 Å².